The Morgan fingerprint density at radius 2 is 1.87 bits per heavy atom. The van der Waals surface area contributed by atoms with Crippen molar-refractivity contribution in [1.82, 2.24) is 15.5 Å². The number of aliphatic imine (C=N–C) groups is 1. The molecule has 2 N–H and O–H groups in total. The Labute approximate surface area is 180 Å². The van der Waals surface area contributed by atoms with E-state index in [-0.39, 0.29) is 41.3 Å². The number of carbonyl (C=O) groups is 2. The minimum Gasteiger partial charge on any atom is -0.357 e. The topological polar surface area (TPSA) is 73.8 Å². The number of rotatable bonds is 8. The van der Waals surface area contributed by atoms with Crippen LogP contribution in [-0.4, -0.2) is 54.6 Å². The number of nitrogens with one attached hydrogen (secondary N) is 2. The minimum atomic E-state index is -0.212. The lowest BCUT2D eigenvalue weighted by Gasteiger charge is -2.17. The van der Waals surface area contributed by atoms with Crippen LogP contribution in [0.5, 0.6) is 0 Å². The van der Waals surface area contributed by atoms with Gasteiger partial charge in [0.1, 0.15) is 5.82 Å². The van der Waals surface area contributed by atoms with Crippen molar-refractivity contribution in [3.63, 3.8) is 0 Å². The van der Waals surface area contributed by atoms with Gasteiger partial charge in [0.25, 0.3) is 0 Å². The van der Waals surface area contributed by atoms with Crippen molar-refractivity contribution in [2.45, 2.75) is 18.2 Å². The van der Waals surface area contributed by atoms with E-state index in [0.717, 1.165) is 6.42 Å². The lowest BCUT2D eigenvalue weighted by Crippen LogP contribution is -2.40. The van der Waals surface area contributed by atoms with Gasteiger partial charge >= 0.3 is 0 Å². The van der Waals surface area contributed by atoms with Crippen molar-refractivity contribution in [3.8, 4) is 0 Å². The van der Waals surface area contributed by atoms with E-state index in [9.17, 15) is 14.0 Å². The van der Waals surface area contributed by atoms with Crippen molar-refractivity contribution in [2.24, 2.45) is 28.7 Å². The van der Waals surface area contributed by atoms with Crippen molar-refractivity contribution >= 4 is 29.5 Å². The molecular weight excluding hydrogens is 403 g/mol. The molecule has 4 unspecified atom stereocenters. The summed E-state index contributed by atoms with van der Waals surface area (Å²) in [5, 5.41) is 6.38. The highest BCUT2D eigenvalue weighted by Crippen LogP contribution is 2.52. The monoisotopic (exact) mass is 430 g/mol. The third-order valence-corrected chi connectivity index (χ3v) is 7.04. The summed E-state index contributed by atoms with van der Waals surface area (Å²) in [6.07, 6.45) is 5.15. The van der Waals surface area contributed by atoms with E-state index in [2.05, 4.69) is 27.8 Å². The van der Waals surface area contributed by atoms with Crippen LogP contribution in [0.4, 0.5) is 4.39 Å². The van der Waals surface area contributed by atoms with Crippen LogP contribution in [-0.2, 0) is 9.59 Å². The maximum atomic E-state index is 13.7. The van der Waals surface area contributed by atoms with Crippen LogP contribution in [0.25, 0.3) is 0 Å². The Morgan fingerprint density at radius 1 is 1.17 bits per heavy atom. The number of likely N-dealkylation sites (tertiary alicyclic amines) is 1. The second-order valence-electron chi connectivity index (χ2n) is 7.79. The summed E-state index contributed by atoms with van der Waals surface area (Å²) in [4.78, 5) is 32.0. The average Bonchev–Trinajstić information content (AvgIpc) is 3.42. The molecule has 6 nitrogen and oxygen atoms in total. The molecule has 2 bridgehead atoms. The molecule has 160 valence electrons. The highest BCUT2D eigenvalue weighted by atomic mass is 32.2. The van der Waals surface area contributed by atoms with Gasteiger partial charge in [-0.25, -0.2) is 4.39 Å². The minimum absolute atomic E-state index is 0.0312. The molecule has 2 aliphatic carbocycles. The molecule has 0 spiro atoms. The fourth-order valence-electron chi connectivity index (χ4n) is 4.68. The molecule has 1 aromatic carbocycles. The molecule has 3 aliphatic rings. The largest absolute Gasteiger partial charge is 0.357 e. The van der Waals surface area contributed by atoms with Gasteiger partial charge in [0.15, 0.2) is 5.96 Å². The van der Waals surface area contributed by atoms with E-state index in [1.54, 1.807) is 12.1 Å². The molecule has 0 aromatic heterocycles. The van der Waals surface area contributed by atoms with Crippen LogP contribution in [0.3, 0.4) is 0 Å². The molecule has 2 fully saturated rings. The molecule has 1 aromatic rings. The number of fused-ring (bicyclic) bond motifs is 5. The molecule has 1 heterocycles. The number of hydrogen-bond donors (Lipinski definition) is 2. The third kappa shape index (κ3) is 4.10. The second kappa shape index (κ2) is 9.20. The van der Waals surface area contributed by atoms with Gasteiger partial charge in [-0.15, -0.1) is 11.8 Å². The molecule has 4 atom stereocenters. The number of nitrogens with zero attached hydrogens (tertiary/aromatic N) is 2. The summed E-state index contributed by atoms with van der Waals surface area (Å²) in [5.74, 6) is 1.20. The van der Waals surface area contributed by atoms with E-state index >= 15 is 0 Å². The summed E-state index contributed by atoms with van der Waals surface area (Å²) in [5.41, 5.74) is 0. The van der Waals surface area contributed by atoms with Gasteiger partial charge in [-0.05, 0) is 37.3 Å². The predicted octanol–water partition coefficient (Wildman–Crippen LogP) is 2.28. The van der Waals surface area contributed by atoms with Gasteiger partial charge in [0, 0.05) is 30.3 Å². The van der Waals surface area contributed by atoms with Crippen molar-refractivity contribution in [2.75, 3.05) is 31.9 Å². The zero-order valence-electron chi connectivity index (χ0n) is 17.0. The Hall–Kier alpha value is -2.35. The molecule has 1 saturated carbocycles. The summed E-state index contributed by atoms with van der Waals surface area (Å²) >= 11 is 1.44. The number of hydrogen-bond acceptors (Lipinski definition) is 4. The smallest absolute Gasteiger partial charge is 0.233 e. The number of thioether (sulfide) groups is 1. The summed E-state index contributed by atoms with van der Waals surface area (Å²) < 4.78 is 13.7. The number of carbonyl (C=O) groups excluding carboxylic acids is 2. The molecule has 1 aliphatic heterocycles. The van der Waals surface area contributed by atoms with Crippen LogP contribution in [0.2, 0.25) is 0 Å². The fraction of sp³-hybridized carbons (Fsp3) is 0.500. The van der Waals surface area contributed by atoms with Crippen LogP contribution in [0.1, 0.15) is 13.3 Å². The molecule has 30 heavy (non-hydrogen) atoms. The fourth-order valence-corrected chi connectivity index (χ4v) is 5.48. The number of allylic oxidation sites excluding steroid dienone is 2. The number of imide groups is 1. The van der Waals surface area contributed by atoms with Gasteiger partial charge in [0.05, 0.1) is 18.4 Å². The van der Waals surface area contributed by atoms with Gasteiger partial charge in [-0.2, -0.15) is 0 Å². The number of benzene rings is 1. The van der Waals surface area contributed by atoms with Crippen LogP contribution < -0.4 is 10.6 Å². The Morgan fingerprint density at radius 3 is 2.53 bits per heavy atom. The molecule has 1 saturated heterocycles. The molecule has 2 amide bonds. The first-order valence-corrected chi connectivity index (χ1v) is 11.5. The lowest BCUT2D eigenvalue weighted by molar-refractivity contribution is -0.140. The molecule has 8 heteroatoms. The SMILES string of the molecule is CCNC(=NCCN1C(=O)C2C3C=CC(C3)C2C1=O)NCCSc1ccccc1F. The normalized spacial score (nSPS) is 27.1. The predicted molar refractivity (Wildman–Crippen MR) is 116 cm³/mol. The number of guanidine groups is 1. The van der Waals surface area contributed by atoms with Crippen molar-refractivity contribution < 1.29 is 14.0 Å². The maximum absolute atomic E-state index is 13.7. The Balaban J connectivity index is 1.26. The van der Waals surface area contributed by atoms with E-state index in [4.69, 9.17) is 0 Å². The highest BCUT2D eigenvalue weighted by Gasteiger charge is 2.58. The first-order chi connectivity index (χ1) is 14.6. The molecule has 4 rings (SSSR count). The quantitative estimate of drug-likeness (QED) is 0.165. The number of halogens is 1. The zero-order chi connectivity index (χ0) is 21.1. The van der Waals surface area contributed by atoms with E-state index in [1.807, 2.05) is 13.0 Å². The molecule has 0 radical (unpaired) electrons. The lowest BCUT2D eigenvalue weighted by atomic mass is 9.85. The first kappa shape index (κ1) is 20.9. The van der Waals surface area contributed by atoms with Crippen LogP contribution in [0, 0.1) is 29.5 Å². The average molecular weight is 431 g/mol. The van der Waals surface area contributed by atoms with Crippen LogP contribution in [0.15, 0.2) is 46.3 Å². The summed E-state index contributed by atoms with van der Waals surface area (Å²) in [6.45, 7) is 3.96. The summed E-state index contributed by atoms with van der Waals surface area (Å²) in [7, 11) is 0. The van der Waals surface area contributed by atoms with Crippen molar-refractivity contribution in [1.29, 1.82) is 0 Å². The maximum Gasteiger partial charge on any atom is 0.233 e. The summed E-state index contributed by atoms with van der Waals surface area (Å²) in [6, 6.07) is 6.72. The second-order valence-corrected chi connectivity index (χ2v) is 8.93. The first-order valence-electron chi connectivity index (χ1n) is 10.5. The highest BCUT2D eigenvalue weighted by molar-refractivity contribution is 7.99. The Kier molecular flexibility index (Phi) is 6.41. The van der Waals surface area contributed by atoms with E-state index in [0.29, 0.717) is 42.8 Å². The Bertz CT molecular complexity index is 844. The van der Waals surface area contributed by atoms with Crippen LogP contribution >= 0.6 is 11.8 Å². The molecular formula is C22H27FN4O2S. The van der Waals surface area contributed by atoms with Gasteiger partial charge in [-0.3, -0.25) is 19.5 Å². The van der Waals surface area contributed by atoms with E-state index in [1.165, 1.54) is 22.7 Å². The van der Waals surface area contributed by atoms with Gasteiger partial charge in [0.2, 0.25) is 11.8 Å². The zero-order valence-corrected chi connectivity index (χ0v) is 17.8. The third-order valence-electron chi connectivity index (χ3n) is 5.99. The van der Waals surface area contributed by atoms with E-state index < -0.39 is 0 Å². The van der Waals surface area contributed by atoms with Gasteiger partial charge < -0.3 is 10.6 Å². The number of amides is 2. The van der Waals surface area contributed by atoms with Crippen molar-refractivity contribution in [3.05, 3.63) is 42.2 Å². The van der Waals surface area contributed by atoms with Gasteiger partial charge in [-0.1, -0.05) is 24.3 Å². The standard InChI is InChI=1S/C22H27FN4O2S/c1-2-24-22(26-10-12-30-17-6-4-3-5-16(17)23)25-9-11-27-20(28)18-14-7-8-15(13-14)19(18)21(27)29/h3-8,14-15,18-19H,2,9-13H2,1H3,(H2,24,25,26).